The zero-order chi connectivity index (χ0) is 15.3. The fraction of sp³-hybridized carbons (Fsp3) is 0.588. The van der Waals surface area contributed by atoms with Gasteiger partial charge in [-0.3, -0.25) is 4.79 Å². The van der Waals surface area contributed by atoms with Crippen LogP contribution in [0.3, 0.4) is 0 Å². The summed E-state index contributed by atoms with van der Waals surface area (Å²) in [7, 11) is 1.62. The fourth-order valence-electron chi connectivity index (χ4n) is 2.99. The molecule has 0 aliphatic heterocycles. The van der Waals surface area contributed by atoms with Crippen LogP contribution in [0.5, 0.6) is 0 Å². The van der Waals surface area contributed by atoms with E-state index in [1.807, 2.05) is 24.3 Å². The Labute approximate surface area is 126 Å². The quantitative estimate of drug-likeness (QED) is 0.876. The first-order valence-electron chi connectivity index (χ1n) is 7.60. The Morgan fingerprint density at radius 3 is 2.90 bits per heavy atom. The molecule has 0 aromatic heterocycles. The first-order valence-corrected chi connectivity index (χ1v) is 7.60. The number of nitrogens with one attached hydrogen (secondary N) is 1. The minimum Gasteiger partial charge on any atom is -0.392 e. The maximum absolute atomic E-state index is 12.4. The normalized spacial score (nSPS) is 25.6. The Morgan fingerprint density at radius 2 is 2.19 bits per heavy atom. The van der Waals surface area contributed by atoms with E-state index in [0.717, 1.165) is 31.2 Å². The summed E-state index contributed by atoms with van der Waals surface area (Å²) < 4.78 is 5.13. The molecule has 2 N–H and O–H groups in total. The second-order valence-corrected chi connectivity index (χ2v) is 6.19. The molecule has 1 aromatic rings. The van der Waals surface area contributed by atoms with E-state index in [1.165, 1.54) is 0 Å². The van der Waals surface area contributed by atoms with Crippen LogP contribution >= 0.6 is 0 Å². The van der Waals surface area contributed by atoms with Crippen LogP contribution in [0.15, 0.2) is 24.3 Å². The second-order valence-electron chi connectivity index (χ2n) is 6.19. The lowest BCUT2D eigenvalue weighted by atomic mass is 9.73. The Bertz CT molecular complexity index is 489. The summed E-state index contributed by atoms with van der Waals surface area (Å²) in [6.45, 7) is 2.98. The highest BCUT2D eigenvalue weighted by Gasteiger charge is 2.35. The molecule has 1 amide bonds. The predicted molar refractivity (Wildman–Crippen MR) is 82.1 cm³/mol. The average molecular weight is 291 g/mol. The van der Waals surface area contributed by atoms with Crippen molar-refractivity contribution in [3.05, 3.63) is 35.4 Å². The number of aliphatic hydroxyl groups is 1. The first-order chi connectivity index (χ1) is 10.1. The van der Waals surface area contributed by atoms with Crippen LogP contribution in [-0.2, 0) is 11.3 Å². The van der Waals surface area contributed by atoms with Crippen molar-refractivity contribution in [3.63, 3.8) is 0 Å². The van der Waals surface area contributed by atoms with Crippen molar-refractivity contribution in [3.8, 4) is 0 Å². The third kappa shape index (κ3) is 3.83. The molecule has 4 heteroatoms. The van der Waals surface area contributed by atoms with Crippen molar-refractivity contribution in [2.45, 2.75) is 45.3 Å². The number of aliphatic hydroxyl groups excluding tert-OH is 1. The van der Waals surface area contributed by atoms with Crippen LogP contribution in [0.2, 0.25) is 0 Å². The van der Waals surface area contributed by atoms with Gasteiger partial charge in [0.2, 0.25) is 0 Å². The van der Waals surface area contributed by atoms with Crippen LogP contribution in [-0.4, -0.2) is 30.8 Å². The van der Waals surface area contributed by atoms with E-state index in [1.54, 1.807) is 7.11 Å². The highest BCUT2D eigenvalue weighted by atomic mass is 16.5. The molecule has 0 saturated heterocycles. The second kappa shape index (κ2) is 7.05. The maximum Gasteiger partial charge on any atom is 0.251 e. The summed E-state index contributed by atoms with van der Waals surface area (Å²) in [6.07, 6.45) is 3.63. The van der Waals surface area contributed by atoms with Crippen LogP contribution < -0.4 is 5.32 Å². The third-order valence-electron chi connectivity index (χ3n) is 4.49. The van der Waals surface area contributed by atoms with Gasteiger partial charge in [0.15, 0.2) is 0 Å². The van der Waals surface area contributed by atoms with E-state index in [0.29, 0.717) is 18.7 Å². The molecule has 0 unspecified atom stereocenters. The molecular formula is C17H25NO3. The number of hydrogen-bond acceptors (Lipinski definition) is 3. The molecule has 2 rings (SSSR count). The summed E-state index contributed by atoms with van der Waals surface area (Å²) in [5.41, 5.74) is 1.31. The molecule has 1 saturated carbocycles. The zero-order valence-corrected chi connectivity index (χ0v) is 12.9. The van der Waals surface area contributed by atoms with Gasteiger partial charge in [0, 0.05) is 24.6 Å². The highest BCUT2D eigenvalue weighted by Crippen LogP contribution is 2.35. The number of amides is 1. The van der Waals surface area contributed by atoms with E-state index in [9.17, 15) is 9.90 Å². The summed E-state index contributed by atoms with van der Waals surface area (Å²) in [6, 6.07) is 7.46. The minimum absolute atomic E-state index is 0.0957. The van der Waals surface area contributed by atoms with Crippen molar-refractivity contribution in [2.75, 3.05) is 13.7 Å². The Kier molecular flexibility index (Phi) is 5.37. The molecule has 21 heavy (non-hydrogen) atoms. The van der Waals surface area contributed by atoms with Crippen molar-refractivity contribution in [1.29, 1.82) is 0 Å². The van der Waals surface area contributed by atoms with E-state index < -0.39 is 0 Å². The van der Waals surface area contributed by atoms with Crippen molar-refractivity contribution in [2.24, 2.45) is 5.41 Å². The largest absolute Gasteiger partial charge is 0.392 e. The summed E-state index contributed by atoms with van der Waals surface area (Å²) in [5, 5.41) is 13.2. The summed E-state index contributed by atoms with van der Waals surface area (Å²) in [5.74, 6) is -0.0957. The van der Waals surface area contributed by atoms with Crippen molar-refractivity contribution in [1.82, 2.24) is 5.32 Å². The van der Waals surface area contributed by atoms with Gasteiger partial charge in [-0.15, -0.1) is 0 Å². The predicted octanol–water partition coefficient (Wildman–Crippen LogP) is 2.50. The zero-order valence-electron chi connectivity index (χ0n) is 12.9. The van der Waals surface area contributed by atoms with Gasteiger partial charge in [0.05, 0.1) is 12.7 Å². The van der Waals surface area contributed by atoms with Gasteiger partial charge in [-0.25, -0.2) is 0 Å². The van der Waals surface area contributed by atoms with Gasteiger partial charge in [-0.2, -0.15) is 0 Å². The first kappa shape index (κ1) is 16.0. The topological polar surface area (TPSA) is 58.6 Å². The SMILES string of the molecule is COCc1ccccc1C(=O)NC[C@@]1(C)CCCC[C@@H]1O. The van der Waals surface area contributed by atoms with Gasteiger partial charge in [0.1, 0.15) is 0 Å². The molecule has 4 nitrogen and oxygen atoms in total. The molecule has 1 aliphatic rings. The fourth-order valence-corrected chi connectivity index (χ4v) is 2.99. The van der Waals surface area contributed by atoms with Crippen LogP contribution in [0.4, 0.5) is 0 Å². The summed E-state index contributed by atoms with van der Waals surface area (Å²) in [4.78, 5) is 12.4. The lowest BCUT2D eigenvalue weighted by molar-refractivity contribution is 0.00189. The van der Waals surface area contributed by atoms with Crippen LogP contribution in [0.25, 0.3) is 0 Å². The molecule has 0 spiro atoms. The monoisotopic (exact) mass is 291 g/mol. The molecule has 0 bridgehead atoms. The number of rotatable bonds is 5. The van der Waals surface area contributed by atoms with Gasteiger partial charge < -0.3 is 15.2 Å². The van der Waals surface area contributed by atoms with Crippen molar-refractivity contribution >= 4 is 5.91 Å². The van der Waals surface area contributed by atoms with E-state index in [-0.39, 0.29) is 17.4 Å². The summed E-state index contributed by atoms with van der Waals surface area (Å²) >= 11 is 0. The third-order valence-corrected chi connectivity index (χ3v) is 4.49. The molecule has 1 aliphatic carbocycles. The number of carbonyl (C=O) groups is 1. The Hall–Kier alpha value is -1.39. The lowest BCUT2D eigenvalue weighted by Gasteiger charge is -2.38. The number of methoxy groups -OCH3 is 1. The van der Waals surface area contributed by atoms with Gasteiger partial charge in [0.25, 0.3) is 5.91 Å². The Balaban J connectivity index is 2.01. The number of ether oxygens (including phenoxy) is 1. The molecule has 2 atom stereocenters. The minimum atomic E-state index is -0.333. The highest BCUT2D eigenvalue weighted by molar-refractivity contribution is 5.95. The molecule has 0 heterocycles. The van der Waals surface area contributed by atoms with Crippen molar-refractivity contribution < 1.29 is 14.6 Å². The van der Waals surface area contributed by atoms with E-state index in [2.05, 4.69) is 12.2 Å². The smallest absolute Gasteiger partial charge is 0.251 e. The van der Waals surface area contributed by atoms with Gasteiger partial charge >= 0.3 is 0 Å². The lowest BCUT2D eigenvalue weighted by Crippen LogP contribution is -2.45. The van der Waals surface area contributed by atoms with E-state index >= 15 is 0 Å². The van der Waals surface area contributed by atoms with Gasteiger partial charge in [-0.05, 0) is 24.5 Å². The standard InChI is InChI=1S/C17H25NO3/c1-17(10-6-5-9-15(17)19)12-18-16(20)14-8-4-3-7-13(14)11-21-2/h3-4,7-8,15,19H,5-6,9-12H2,1-2H3,(H,18,20)/t15-,17+/m0/s1. The van der Waals surface area contributed by atoms with Crippen LogP contribution in [0.1, 0.15) is 48.5 Å². The molecule has 116 valence electrons. The number of benzene rings is 1. The van der Waals surface area contributed by atoms with Gasteiger partial charge in [-0.1, -0.05) is 38.0 Å². The molecule has 1 aromatic carbocycles. The average Bonchev–Trinajstić information content (AvgIpc) is 2.49. The van der Waals surface area contributed by atoms with Crippen LogP contribution in [0, 0.1) is 5.41 Å². The number of hydrogen-bond donors (Lipinski definition) is 2. The van der Waals surface area contributed by atoms with E-state index in [4.69, 9.17) is 4.74 Å². The Morgan fingerprint density at radius 1 is 1.43 bits per heavy atom. The maximum atomic E-state index is 12.4. The number of carbonyl (C=O) groups excluding carboxylic acids is 1. The molecule has 1 fully saturated rings. The molecule has 0 radical (unpaired) electrons. The molecular weight excluding hydrogens is 266 g/mol.